The Kier molecular flexibility index (Phi) is 4.92. The topological polar surface area (TPSA) is 103 Å². The predicted octanol–water partition coefficient (Wildman–Crippen LogP) is 2.65. The van der Waals surface area contributed by atoms with E-state index in [1.165, 1.54) is 42.1 Å². The first-order valence-electron chi connectivity index (χ1n) is 7.30. The molecule has 1 aromatic carbocycles. The molecule has 0 unspecified atom stereocenters. The number of aromatic nitrogens is 3. The molecule has 0 bridgehead atoms. The van der Waals surface area contributed by atoms with E-state index in [-0.39, 0.29) is 11.4 Å². The van der Waals surface area contributed by atoms with Crippen LogP contribution < -0.4 is 4.72 Å². The first-order valence-corrected chi connectivity index (χ1v) is 9.09. The number of nitrogens with one attached hydrogen (secondary N) is 1. The predicted molar refractivity (Wildman–Crippen MR) is 95.8 cm³/mol. The van der Waals surface area contributed by atoms with Gasteiger partial charge in [0.25, 0.3) is 0 Å². The van der Waals surface area contributed by atoms with Crippen LogP contribution in [0.4, 0.5) is 5.69 Å². The second-order valence-corrected chi connectivity index (χ2v) is 6.92. The first-order chi connectivity index (χ1) is 12.3. The average molecular weight is 393 g/mol. The molecule has 0 saturated carbocycles. The van der Waals surface area contributed by atoms with Crippen molar-refractivity contribution in [3.05, 3.63) is 65.6 Å². The van der Waals surface area contributed by atoms with Crippen molar-refractivity contribution in [3.8, 4) is 11.3 Å². The fraction of sp³-hybridized carbons (Fsp3) is 0.0625. The largest absolute Gasteiger partial charge is 0.410 e. The molecule has 8 nitrogen and oxygen atoms in total. The molecular weight excluding hydrogens is 380 g/mol. The van der Waals surface area contributed by atoms with Crippen LogP contribution in [0.5, 0.6) is 0 Å². The molecule has 2 heterocycles. The molecule has 0 aliphatic heterocycles. The normalized spacial score (nSPS) is 11.2. The number of aryl methyl sites for hydroxylation is 1. The van der Waals surface area contributed by atoms with Gasteiger partial charge in [-0.2, -0.15) is 13.5 Å². The highest BCUT2D eigenvalue weighted by atomic mass is 35.5. The number of benzene rings is 1. The molecular formula is C16H13ClN4O4S. The zero-order valence-electron chi connectivity index (χ0n) is 13.5. The van der Waals surface area contributed by atoms with Crippen LogP contribution >= 0.6 is 11.6 Å². The molecule has 1 N–H and O–H groups in total. The lowest BCUT2D eigenvalue weighted by atomic mass is 10.2. The van der Waals surface area contributed by atoms with Crippen LogP contribution in [0.1, 0.15) is 10.5 Å². The SMILES string of the molecule is Cn1nc(-c2ccncc2)cc1C(=O)OS(=O)(=O)Nc1ccc(Cl)cc1. The minimum Gasteiger partial charge on any atom is -0.324 e. The van der Waals surface area contributed by atoms with Gasteiger partial charge in [-0.05, 0) is 42.5 Å². The van der Waals surface area contributed by atoms with Crippen LogP contribution in [0, 0.1) is 0 Å². The molecule has 26 heavy (non-hydrogen) atoms. The maximum atomic E-state index is 12.2. The van der Waals surface area contributed by atoms with Gasteiger partial charge in [0, 0.05) is 30.0 Å². The second kappa shape index (κ2) is 7.14. The Labute approximate surface area is 154 Å². The second-order valence-electron chi connectivity index (χ2n) is 5.21. The maximum absolute atomic E-state index is 12.2. The van der Waals surface area contributed by atoms with Crippen LogP contribution in [0.25, 0.3) is 11.3 Å². The summed E-state index contributed by atoms with van der Waals surface area (Å²) in [5, 5.41) is 4.63. The maximum Gasteiger partial charge on any atom is 0.410 e. The summed E-state index contributed by atoms with van der Waals surface area (Å²) < 4.78 is 32.1. The van der Waals surface area contributed by atoms with Crippen LogP contribution in [0.2, 0.25) is 5.02 Å². The Balaban J connectivity index is 1.77. The molecule has 0 aliphatic carbocycles. The minimum atomic E-state index is -4.36. The van der Waals surface area contributed by atoms with Crippen molar-refractivity contribution in [2.75, 3.05) is 4.72 Å². The van der Waals surface area contributed by atoms with E-state index in [4.69, 9.17) is 11.6 Å². The van der Waals surface area contributed by atoms with Crippen molar-refractivity contribution in [2.45, 2.75) is 0 Å². The van der Waals surface area contributed by atoms with E-state index in [0.29, 0.717) is 10.7 Å². The Morgan fingerprint density at radius 1 is 1.15 bits per heavy atom. The Bertz CT molecular complexity index is 1030. The summed E-state index contributed by atoms with van der Waals surface area (Å²) in [6, 6.07) is 10.8. The highest BCUT2D eigenvalue weighted by Gasteiger charge is 2.22. The van der Waals surface area contributed by atoms with E-state index in [1.807, 2.05) is 0 Å². The average Bonchev–Trinajstić information content (AvgIpc) is 2.99. The van der Waals surface area contributed by atoms with Gasteiger partial charge in [-0.25, -0.2) is 4.79 Å². The molecule has 10 heteroatoms. The number of rotatable bonds is 5. The molecule has 134 valence electrons. The number of carbonyl (C=O) groups is 1. The van der Waals surface area contributed by atoms with E-state index in [2.05, 4.69) is 19.0 Å². The van der Waals surface area contributed by atoms with Crippen LogP contribution in [-0.2, 0) is 21.5 Å². The van der Waals surface area contributed by atoms with Crippen molar-refractivity contribution in [1.82, 2.24) is 14.8 Å². The van der Waals surface area contributed by atoms with E-state index >= 15 is 0 Å². The highest BCUT2D eigenvalue weighted by molar-refractivity contribution is 7.88. The molecule has 0 amide bonds. The summed E-state index contributed by atoms with van der Waals surface area (Å²) >= 11 is 5.74. The molecule has 0 atom stereocenters. The Hall–Kier alpha value is -2.91. The van der Waals surface area contributed by atoms with Gasteiger partial charge in [0.2, 0.25) is 0 Å². The summed E-state index contributed by atoms with van der Waals surface area (Å²) in [5.41, 5.74) is 1.42. The molecule has 3 aromatic rings. The van der Waals surface area contributed by atoms with Gasteiger partial charge in [0.1, 0.15) is 5.69 Å². The molecule has 0 spiro atoms. The lowest BCUT2D eigenvalue weighted by molar-refractivity contribution is 0.0737. The molecule has 3 rings (SSSR count). The fourth-order valence-corrected chi connectivity index (χ4v) is 3.02. The lowest BCUT2D eigenvalue weighted by Gasteiger charge is -2.08. The fourth-order valence-electron chi connectivity index (χ4n) is 2.15. The van der Waals surface area contributed by atoms with Gasteiger partial charge >= 0.3 is 16.3 Å². The van der Waals surface area contributed by atoms with Gasteiger partial charge in [0.05, 0.1) is 11.4 Å². The summed E-state index contributed by atoms with van der Waals surface area (Å²) in [4.78, 5) is 16.1. The van der Waals surface area contributed by atoms with Crippen molar-refractivity contribution in [3.63, 3.8) is 0 Å². The van der Waals surface area contributed by atoms with Crippen molar-refractivity contribution >= 4 is 33.6 Å². The third kappa shape index (κ3) is 4.19. The zero-order chi connectivity index (χ0) is 18.7. The summed E-state index contributed by atoms with van der Waals surface area (Å²) in [6.07, 6.45) is 3.17. The smallest absolute Gasteiger partial charge is 0.324 e. The van der Waals surface area contributed by atoms with Gasteiger partial charge in [-0.3, -0.25) is 14.4 Å². The summed E-state index contributed by atoms with van der Waals surface area (Å²) in [5.74, 6) is -1.05. The van der Waals surface area contributed by atoms with Crippen molar-refractivity contribution in [1.29, 1.82) is 0 Å². The number of anilines is 1. The molecule has 0 fully saturated rings. The number of hydrogen-bond acceptors (Lipinski definition) is 6. The van der Waals surface area contributed by atoms with E-state index in [0.717, 1.165) is 5.56 Å². The van der Waals surface area contributed by atoms with E-state index < -0.39 is 16.3 Å². The number of pyridine rings is 1. The molecule has 0 radical (unpaired) electrons. The lowest BCUT2D eigenvalue weighted by Crippen LogP contribution is -2.22. The van der Waals surface area contributed by atoms with Crippen LogP contribution in [0.15, 0.2) is 54.9 Å². The molecule has 0 saturated heterocycles. The highest BCUT2D eigenvalue weighted by Crippen LogP contribution is 2.19. The third-order valence-electron chi connectivity index (χ3n) is 3.34. The van der Waals surface area contributed by atoms with E-state index in [1.54, 1.807) is 24.5 Å². The van der Waals surface area contributed by atoms with Gasteiger partial charge in [0.15, 0.2) is 0 Å². The Morgan fingerprint density at radius 2 is 1.81 bits per heavy atom. The number of halogens is 1. The minimum absolute atomic E-state index is 0.0155. The van der Waals surface area contributed by atoms with E-state index in [9.17, 15) is 13.2 Å². The number of carbonyl (C=O) groups excluding carboxylic acids is 1. The summed E-state index contributed by atoms with van der Waals surface area (Å²) in [6.45, 7) is 0. The number of nitrogens with zero attached hydrogens (tertiary/aromatic N) is 3. The van der Waals surface area contributed by atoms with Gasteiger partial charge in [-0.15, -0.1) is 0 Å². The quantitative estimate of drug-likeness (QED) is 0.715. The van der Waals surface area contributed by atoms with Crippen LogP contribution in [-0.4, -0.2) is 29.2 Å². The van der Waals surface area contributed by atoms with Gasteiger partial charge < -0.3 is 4.18 Å². The third-order valence-corrected chi connectivity index (χ3v) is 4.45. The molecule has 0 aliphatic rings. The first kappa shape index (κ1) is 17.9. The molecule has 2 aromatic heterocycles. The number of hydrogen-bond donors (Lipinski definition) is 1. The Morgan fingerprint density at radius 3 is 2.46 bits per heavy atom. The summed E-state index contributed by atoms with van der Waals surface area (Å²) in [7, 11) is -2.85. The van der Waals surface area contributed by atoms with Crippen LogP contribution in [0.3, 0.4) is 0 Å². The van der Waals surface area contributed by atoms with Crippen molar-refractivity contribution in [2.24, 2.45) is 7.05 Å². The van der Waals surface area contributed by atoms with Gasteiger partial charge in [-0.1, -0.05) is 11.6 Å². The zero-order valence-corrected chi connectivity index (χ0v) is 15.0. The monoisotopic (exact) mass is 392 g/mol. The van der Waals surface area contributed by atoms with Crippen molar-refractivity contribution < 1.29 is 17.4 Å². The standard InChI is InChI=1S/C16H13ClN4O4S/c1-21-15(10-14(19-21)11-6-8-18-9-7-11)16(22)25-26(23,24)20-13-4-2-12(17)3-5-13/h2-10,20H,1H3.